The normalized spacial score (nSPS) is 12.2. The average Bonchev–Trinajstić information content (AvgIpc) is 2.63. The number of hydrogen-bond donors (Lipinski definition) is 1. The Morgan fingerprint density at radius 3 is 2.70 bits per heavy atom. The molecule has 0 aliphatic rings. The van der Waals surface area contributed by atoms with Crippen molar-refractivity contribution in [1.82, 2.24) is 9.55 Å². The smallest absolute Gasteiger partial charge is 0.261 e. The SMILES string of the molecule is Cc1ccc2nc(SC(C)C(=O)Nc3cc(Cl)ccc3C)n(C)c(=O)c2c1. The minimum Gasteiger partial charge on any atom is -0.325 e. The molecule has 3 rings (SSSR count). The van der Waals surface area contributed by atoms with E-state index in [0.717, 1.165) is 11.1 Å². The highest BCUT2D eigenvalue weighted by molar-refractivity contribution is 8.00. The number of amides is 1. The second-order valence-corrected chi connectivity index (χ2v) is 8.23. The number of halogens is 1. The number of nitrogens with one attached hydrogen (secondary N) is 1. The van der Waals surface area contributed by atoms with Crippen LogP contribution in [0.3, 0.4) is 0 Å². The first-order chi connectivity index (χ1) is 12.8. The first-order valence-corrected chi connectivity index (χ1v) is 9.73. The van der Waals surface area contributed by atoms with Crippen molar-refractivity contribution >= 4 is 45.9 Å². The lowest BCUT2D eigenvalue weighted by atomic mass is 10.2. The van der Waals surface area contributed by atoms with Crippen LogP contribution < -0.4 is 10.9 Å². The fraction of sp³-hybridized carbons (Fsp3) is 0.250. The van der Waals surface area contributed by atoms with E-state index in [1.165, 1.54) is 16.3 Å². The molecule has 0 fully saturated rings. The monoisotopic (exact) mass is 401 g/mol. The summed E-state index contributed by atoms with van der Waals surface area (Å²) in [6.45, 7) is 5.62. The number of nitrogens with zero attached hydrogens (tertiary/aromatic N) is 2. The minimum absolute atomic E-state index is 0.121. The molecule has 1 atom stereocenters. The summed E-state index contributed by atoms with van der Waals surface area (Å²) < 4.78 is 1.49. The Kier molecular flexibility index (Phi) is 5.58. The molecule has 3 aromatic rings. The largest absolute Gasteiger partial charge is 0.325 e. The maximum absolute atomic E-state index is 12.6. The Morgan fingerprint density at radius 1 is 1.22 bits per heavy atom. The van der Waals surface area contributed by atoms with Gasteiger partial charge in [-0.3, -0.25) is 14.2 Å². The molecule has 0 radical (unpaired) electrons. The van der Waals surface area contributed by atoms with Crippen molar-refractivity contribution in [2.24, 2.45) is 7.05 Å². The predicted molar refractivity (Wildman–Crippen MR) is 112 cm³/mol. The van der Waals surface area contributed by atoms with Gasteiger partial charge in [0.2, 0.25) is 5.91 Å². The Labute approximate surface area is 166 Å². The van der Waals surface area contributed by atoms with Crippen LogP contribution in [0.2, 0.25) is 5.02 Å². The Morgan fingerprint density at radius 2 is 1.96 bits per heavy atom. The predicted octanol–water partition coefficient (Wildman–Crippen LogP) is 4.32. The van der Waals surface area contributed by atoms with Crippen LogP contribution >= 0.6 is 23.4 Å². The summed E-state index contributed by atoms with van der Waals surface area (Å²) >= 11 is 7.26. The van der Waals surface area contributed by atoms with Crippen molar-refractivity contribution in [2.45, 2.75) is 31.2 Å². The van der Waals surface area contributed by atoms with E-state index in [-0.39, 0.29) is 11.5 Å². The van der Waals surface area contributed by atoms with Crippen molar-refractivity contribution in [3.8, 4) is 0 Å². The molecule has 7 heteroatoms. The number of aryl methyl sites for hydroxylation is 2. The van der Waals surface area contributed by atoms with Gasteiger partial charge in [0.25, 0.3) is 5.56 Å². The second-order valence-electron chi connectivity index (χ2n) is 6.49. The molecule has 0 spiro atoms. The number of thioether (sulfide) groups is 1. The number of anilines is 1. The fourth-order valence-electron chi connectivity index (χ4n) is 2.64. The van der Waals surface area contributed by atoms with E-state index in [1.54, 1.807) is 26.1 Å². The molecule has 2 aromatic carbocycles. The second kappa shape index (κ2) is 7.74. The molecule has 1 heterocycles. The van der Waals surface area contributed by atoms with Gasteiger partial charge in [0.1, 0.15) is 0 Å². The molecule has 0 aliphatic carbocycles. The molecule has 0 saturated heterocycles. The van der Waals surface area contributed by atoms with E-state index < -0.39 is 5.25 Å². The number of carbonyl (C=O) groups is 1. The van der Waals surface area contributed by atoms with E-state index >= 15 is 0 Å². The minimum atomic E-state index is -0.440. The van der Waals surface area contributed by atoms with Crippen LogP contribution in [0.25, 0.3) is 10.9 Å². The number of rotatable bonds is 4. The van der Waals surface area contributed by atoms with Gasteiger partial charge >= 0.3 is 0 Å². The lowest BCUT2D eigenvalue weighted by molar-refractivity contribution is -0.115. The van der Waals surface area contributed by atoms with Crippen LogP contribution in [0.5, 0.6) is 0 Å². The third-order valence-electron chi connectivity index (χ3n) is 4.30. The number of hydrogen-bond acceptors (Lipinski definition) is 4. The van der Waals surface area contributed by atoms with Crippen LogP contribution in [0.15, 0.2) is 46.3 Å². The molecule has 1 unspecified atom stereocenters. The first-order valence-electron chi connectivity index (χ1n) is 8.47. The summed E-state index contributed by atoms with van der Waals surface area (Å²) in [4.78, 5) is 29.8. The van der Waals surface area contributed by atoms with Gasteiger partial charge in [-0.15, -0.1) is 0 Å². The number of carbonyl (C=O) groups excluding carboxylic acids is 1. The Hall–Kier alpha value is -2.31. The lowest BCUT2D eigenvalue weighted by Gasteiger charge is -2.15. The van der Waals surface area contributed by atoms with Gasteiger partial charge in [-0.05, 0) is 50.6 Å². The van der Waals surface area contributed by atoms with Crippen molar-refractivity contribution in [3.05, 3.63) is 62.9 Å². The van der Waals surface area contributed by atoms with Gasteiger partial charge in [-0.2, -0.15) is 0 Å². The highest BCUT2D eigenvalue weighted by Gasteiger charge is 2.19. The molecule has 27 heavy (non-hydrogen) atoms. The third-order valence-corrected chi connectivity index (χ3v) is 5.68. The zero-order chi connectivity index (χ0) is 19.7. The quantitative estimate of drug-likeness (QED) is 0.522. The summed E-state index contributed by atoms with van der Waals surface area (Å²) in [5.41, 5.74) is 3.12. The molecule has 5 nitrogen and oxygen atoms in total. The number of fused-ring (bicyclic) bond motifs is 1. The molecule has 1 aromatic heterocycles. The fourth-order valence-corrected chi connectivity index (χ4v) is 3.69. The van der Waals surface area contributed by atoms with E-state index in [0.29, 0.717) is 26.8 Å². The summed E-state index contributed by atoms with van der Waals surface area (Å²) in [6.07, 6.45) is 0. The standard InChI is InChI=1S/C20H20ClN3O2S/c1-11-5-8-16-15(9-11)19(26)24(4)20(23-16)27-13(3)18(25)22-17-10-14(21)7-6-12(17)2/h5-10,13H,1-4H3,(H,22,25). The van der Waals surface area contributed by atoms with Crippen LogP contribution in [0, 0.1) is 13.8 Å². The van der Waals surface area contributed by atoms with E-state index in [4.69, 9.17) is 11.6 Å². The van der Waals surface area contributed by atoms with Gasteiger partial charge in [-0.1, -0.05) is 41.1 Å². The molecular formula is C20H20ClN3O2S. The molecule has 0 bridgehead atoms. The van der Waals surface area contributed by atoms with Crippen molar-refractivity contribution < 1.29 is 4.79 Å². The van der Waals surface area contributed by atoms with Gasteiger partial charge < -0.3 is 5.32 Å². The van der Waals surface area contributed by atoms with Crippen LogP contribution in [0.1, 0.15) is 18.1 Å². The van der Waals surface area contributed by atoms with E-state index in [9.17, 15) is 9.59 Å². The van der Waals surface area contributed by atoms with Gasteiger partial charge in [-0.25, -0.2) is 4.98 Å². The lowest BCUT2D eigenvalue weighted by Crippen LogP contribution is -2.26. The van der Waals surface area contributed by atoms with Crippen molar-refractivity contribution in [2.75, 3.05) is 5.32 Å². The molecule has 0 aliphatic heterocycles. The highest BCUT2D eigenvalue weighted by atomic mass is 35.5. The van der Waals surface area contributed by atoms with Crippen molar-refractivity contribution in [1.29, 1.82) is 0 Å². The molecule has 1 amide bonds. The first kappa shape index (κ1) is 19.5. The maximum Gasteiger partial charge on any atom is 0.261 e. The molecular weight excluding hydrogens is 382 g/mol. The van der Waals surface area contributed by atoms with Crippen LogP contribution in [-0.4, -0.2) is 20.7 Å². The Bertz CT molecular complexity index is 1090. The summed E-state index contributed by atoms with van der Waals surface area (Å²) in [6, 6.07) is 10.9. The summed E-state index contributed by atoms with van der Waals surface area (Å²) in [5.74, 6) is -0.177. The molecule has 1 N–H and O–H groups in total. The van der Waals surface area contributed by atoms with Gasteiger partial charge in [0.15, 0.2) is 5.16 Å². The molecule has 0 saturated carbocycles. The summed E-state index contributed by atoms with van der Waals surface area (Å²) in [5, 5.41) is 4.09. The topological polar surface area (TPSA) is 64.0 Å². The van der Waals surface area contributed by atoms with Crippen molar-refractivity contribution in [3.63, 3.8) is 0 Å². The number of benzene rings is 2. The zero-order valence-electron chi connectivity index (χ0n) is 15.5. The molecule has 140 valence electrons. The average molecular weight is 402 g/mol. The van der Waals surface area contributed by atoms with E-state index in [2.05, 4.69) is 10.3 Å². The summed E-state index contributed by atoms with van der Waals surface area (Å²) in [7, 11) is 1.67. The number of aromatic nitrogens is 2. The van der Waals surface area contributed by atoms with Gasteiger partial charge in [0, 0.05) is 17.8 Å². The van der Waals surface area contributed by atoms with Gasteiger partial charge in [0.05, 0.1) is 16.2 Å². The Balaban J connectivity index is 1.85. The van der Waals surface area contributed by atoms with Crippen LogP contribution in [0.4, 0.5) is 5.69 Å². The van der Waals surface area contributed by atoms with E-state index in [1.807, 2.05) is 38.1 Å². The maximum atomic E-state index is 12.6. The highest BCUT2D eigenvalue weighted by Crippen LogP contribution is 2.25. The van der Waals surface area contributed by atoms with Crippen LogP contribution in [-0.2, 0) is 11.8 Å². The third kappa shape index (κ3) is 4.17. The zero-order valence-corrected chi connectivity index (χ0v) is 17.1.